The van der Waals surface area contributed by atoms with Gasteiger partial charge in [0.05, 0.1) is 11.0 Å². The first-order valence-electron chi connectivity index (χ1n) is 7.24. The van der Waals surface area contributed by atoms with E-state index in [2.05, 4.69) is 10.8 Å². The van der Waals surface area contributed by atoms with E-state index in [9.17, 15) is 4.21 Å². The zero-order valence-electron chi connectivity index (χ0n) is 12.6. The van der Waals surface area contributed by atoms with E-state index in [4.69, 9.17) is 5.26 Å². The highest BCUT2D eigenvalue weighted by molar-refractivity contribution is 7.83. The minimum atomic E-state index is -1.35. The second-order valence-electron chi connectivity index (χ2n) is 4.99. The van der Waals surface area contributed by atoms with Crippen molar-refractivity contribution in [1.29, 1.82) is 5.26 Å². The van der Waals surface area contributed by atoms with Crippen LogP contribution < -0.4 is 4.72 Å². The second-order valence-corrected chi connectivity index (χ2v) is 6.17. The number of hydrogen-bond acceptors (Lipinski definition) is 2. The van der Waals surface area contributed by atoms with Crippen LogP contribution in [-0.4, -0.2) is 9.75 Å². The highest BCUT2D eigenvalue weighted by atomic mass is 32.2. The van der Waals surface area contributed by atoms with E-state index in [0.29, 0.717) is 0 Å². The molecule has 1 aliphatic rings. The Kier molecular flexibility index (Phi) is 4.76. The Morgan fingerprint density at radius 1 is 1.14 bits per heavy atom. The Morgan fingerprint density at radius 3 is 2.33 bits per heavy atom. The van der Waals surface area contributed by atoms with Crippen molar-refractivity contribution in [2.75, 3.05) is 0 Å². The van der Waals surface area contributed by atoms with Gasteiger partial charge >= 0.3 is 0 Å². The van der Waals surface area contributed by atoms with E-state index in [1.807, 2.05) is 57.2 Å². The SMILES string of the molecule is CC.Cc1ccc(S(=O)NC2(C#N)CC2)c2ccccc12. The summed E-state index contributed by atoms with van der Waals surface area (Å²) in [5.74, 6) is 0. The zero-order chi connectivity index (χ0) is 15.5. The predicted molar refractivity (Wildman–Crippen MR) is 87.2 cm³/mol. The van der Waals surface area contributed by atoms with Gasteiger partial charge in [0.1, 0.15) is 16.5 Å². The van der Waals surface area contributed by atoms with Gasteiger partial charge in [-0.1, -0.05) is 44.2 Å². The van der Waals surface area contributed by atoms with Gasteiger partial charge in [-0.05, 0) is 42.2 Å². The summed E-state index contributed by atoms with van der Waals surface area (Å²) in [6, 6.07) is 14.0. The summed E-state index contributed by atoms with van der Waals surface area (Å²) in [6.07, 6.45) is 1.55. The van der Waals surface area contributed by atoms with E-state index in [1.54, 1.807) is 0 Å². The van der Waals surface area contributed by atoms with E-state index in [0.717, 1.165) is 34.1 Å². The molecule has 110 valence electrons. The maximum Gasteiger partial charge on any atom is 0.126 e. The van der Waals surface area contributed by atoms with E-state index >= 15 is 0 Å². The average Bonchev–Trinajstić information content (AvgIpc) is 3.30. The molecule has 2 aromatic carbocycles. The molecule has 0 bridgehead atoms. The van der Waals surface area contributed by atoms with Crippen molar-refractivity contribution in [2.45, 2.75) is 44.0 Å². The molecule has 0 heterocycles. The van der Waals surface area contributed by atoms with Gasteiger partial charge in [0.2, 0.25) is 0 Å². The van der Waals surface area contributed by atoms with Crippen molar-refractivity contribution in [3.63, 3.8) is 0 Å². The highest BCUT2D eigenvalue weighted by Crippen LogP contribution is 2.36. The first-order valence-corrected chi connectivity index (χ1v) is 8.39. The van der Waals surface area contributed by atoms with Crippen LogP contribution in [0, 0.1) is 18.3 Å². The molecule has 0 aliphatic heterocycles. The minimum Gasteiger partial charge on any atom is -0.237 e. The standard InChI is InChI=1S/C15H14N2OS.C2H6/c1-11-6-7-14(13-5-3-2-4-12(11)13)19(18)17-15(10-16)8-9-15;1-2/h2-7,17H,8-9H2,1H3;1-2H3. The van der Waals surface area contributed by atoms with Crippen LogP contribution in [-0.2, 0) is 11.0 Å². The molecule has 0 spiro atoms. The molecule has 0 aromatic heterocycles. The first-order chi connectivity index (χ1) is 10.2. The van der Waals surface area contributed by atoms with Crippen molar-refractivity contribution in [1.82, 2.24) is 4.72 Å². The Bertz CT molecular complexity index is 714. The molecule has 3 rings (SSSR count). The fourth-order valence-electron chi connectivity index (χ4n) is 2.18. The summed E-state index contributed by atoms with van der Waals surface area (Å²) < 4.78 is 15.4. The molecule has 1 aliphatic carbocycles. The number of rotatable bonds is 3. The van der Waals surface area contributed by atoms with Gasteiger partial charge in [0.15, 0.2) is 0 Å². The molecule has 1 saturated carbocycles. The summed E-state index contributed by atoms with van der Waals surface area (Å²) in [7, 11) is -1.35. The van der Waals surface area contributed by atoms with E-state index < -0.39 is 16.5 Å². The van der Waals surface area contributed by atoms with Crippen molar-refractivity contribution in [3.8, 4) is 6.07 Å². The van der Waals surface area contributed by atoms with Crippen LogP contribution in [0.15, 0.2) is 41.3 Å². The third kappa shape index (κ3) is 3.15. The maximum absolute atomic E-state index is 12.4. The lowest BCUT2D eigenvalue weighted by atomic mass is 10.1. The number of fused-ring (bicyclic) bond motifs is 1. The maximum atomic E-state index is 12.4. The number of aryl methyl sites for hydroxylation is 1. The van der Waals surface area contributed by atoms with Crippen molar-refractivity contribution < 1.29 is 4.21 Å². The fourth-order valence-corrected chi connectivity index (χ4v) is 3.46. The molecule has 21 heavy (non-hydrogen) atoms. The van der Waals surface area contributed by atoms with Crippen molar-refractivity contribution >= 4 is 21.8 Å². The van der Waals surface area contributed by atoms with Gasteiger partial charge in [-0.25, -0.2) is 8.93 Å². The summed E-state index contributed by atoms with van der Waals surface area (Å²) >= 11 is 0. The molecular formula is C17H20N2OS. The average molecular weight is 300 g/mol. The monoisotopic (exact) mass is 300 g/mol. The molecule has 4 heteroatoms. The molecule has 0 amide bonds. The number of benzene rings is 2. The Hall–Kier alpha value is -1.70. The number of nitrogens with one attached hydrogen (secondary N) is 1. The van der Waals surface area contributed by atoms with Crippen LogP contribution >= 0.6 is 0 Å². The van der Waals surface area contributed by atoms with E-state index in [1.165, 1.54) is 0 Å². The molecule has 0 saturated heterocycles. The fraction of sp³-hybridized carbons (Fsp3) is 0.353. The molecular weight excluding hydrogens is 280 g/mol. The number of hydrogen-bond donors (Lipinski definition) is 1. The van der Waals surface area contributed by atoms with Gasteiger partial charge in [0.25, 0.3) is 0 Å². The molecule has 1 atom stereocenters. The summed E-state index contributed by atoms with van der Waals surface area (Å²) in [6.45, 7) is 6.04. The lowest BCUT2D eigenvalue weighted by molar-refractivity contribution is 0.659. The third-order valence-corrected chi connectivity index (χ3v) is 4.89. The lowest BCUT2D eigenvalue weighted by Gasteiger charge is -2.12. The molecule has 3 nitrogen and oxygen atoms in total. The Balaban J connectivity index is 0.000000774. The van der Waals surface area contributed by atoms with Crippen LogP contribution in [0.2, 0.25) is 0 Å². The van der Waals surface area contributed by atoms with Gasteiger partial charge in [0, 0.05) is 0 Å². The second kappa shape index (κ2) is 6.38. The summed E-state index contributed by atoms with van der Waals surface area (Å²) in [5.41, 5.74) is 0.592. The van der Waals surface area contributed by atoms with Crippen molar-refractivity contribution in [3.05, 3.63) is 42.0 Å². The first kappa shape index (κ1) is 15.7. The minimum absolute atomic E-state index is 0.573. The van der Waals surface area contributed by atoms with Crippen LogP contribution in [0.4, 0.5) is 0 Å². The lowest BCUT2D eigenvalue weighted by Crippen LogP contribution is -2.31. The molecule has 1 fully saturated rings. The number of nitriles is 1. The zero-order valence-corrected chi connectivity index (χ0v) is 13.5. The van der Waals surface area contributed by atoms with E-state index in [-0.39, 0.29) is 0 Å². The third-order valence-electron chi connectivity index (χ3n) is 3.55. The Labute approximate surface area is 128 Å². The molecule has 1 N–H and O–H groups in total. The summed E-state index contributed by atoms with van der Waals surface area (Å²) in [5, 5.41) is 11.2. The largest absolute Gasteiger partial charge is 0.237 e. The van der Waals surface area contributed by atoms with Gasteiger partial charge in [-0.15, -0.1) is 0 Å². The predicted octanol–water partition coefficient (Wildman–Crippen LogP) is 3.84. The van der Waals surface area contributed by atoms with Crippen LogP contribution in [0.25, 0.3) is 10.8 Å². The van der Waals surface area contributed by atoms with Gasteiger partial charge in [-0.3, -0.25) is 0 Å². The van der Waals surface area contributed by atoms with Crippen LogP contribution in [0.5, 0.6) is 0 Å². The van der Waals surface area contributed by atoms with Crippen molar-refractivity contribution in [2.24, 2.45) is 0 Å². The van der Waals surface area contributed by atoms with Crippen LogP contribution in [0.3, 0.4) is 0 Å². The molecule has 1 unspecified atom stereocenters. The quantitative estimate of drug-likeness (QED) is 0.936. The normalized spacial score (nSPS) is 16.5. The smallest absolute Gasteiger partial charge is 0.126 e. The van der Waals surface area contributed by atoms with Gasteiger partial charge < -0.3 is 0 Å². The Morgan fingerprint density at radius 2 is 1.76 bits per heavy atom. The van der Waals surface area contributed by atoms with Crippen LogP contribution in [0.1, 0.15) is 32.3 Å². The number of nitrogens with zero attached hydrogens (tertiary/aromatic N) is 1. The summed E-state index contributed by atoms with van der Waals surface area (Å²) in [4.78, 5) is 0.753. The van der Waals surface area contributed by atoms with Gasteiger partial charge in [-0.2, -0.15) is 5.26 Å². The molecule has 0 radical (unpaired) electrons. The molecule has 2 aromatic rings. The topological polar surface area (TPSA) is 52.9 Å². The highest BCUT2D eigenvalue weighted by Gasteiger charge is 2.44.